The number of benzene rings is 1. The van der Waals surface area contributed by atoms with Gasteiger partial charge in [0.1, 0.15) is 18.6 Å². The van der Waals surface area contributed by atoms with Gasteiger partial charge in [-0.15, -0.1) is 9.24 Å². The molecule has 0 aromatic heterocycles. The second-order valence-electron chi connectivity index (χ2n) is 8.13. The van der Waals surface area contributed by atoms with Crippen LogP contribution >= 0.6 is 9.24 Å². The molecule has 1 aromatic carbocycles. The molecule has 0 bridgehead atoms. The number of rotatable bonds is 10. The largest absolute Gasteiger partial charge is 0.486 e. The minimum Gasteiger partial charge on any atom is -0.486 e. The summed E-state index contributed by atoms with van der Waals surface area (Å²) in [5.41, 5.74) is 8.48. The summed E-state index contributed by atoms with van der Waals surface area (Å²) in [7, 11) is 2.22. The lowest BCUT2D eigenvalue weighted by Gasteiger charge is -2.15. The summed E-state index contributed by atoms with van der Waals surface area (Å²) in [6, 6.07) is 7.34. The van der Waals surface area contributed by atoms with Crippen molar-refractivity contribution in [2.24, 2.45) is 10.7 Å². The summed E-state index contributed by atoms with van der Waals surface area (Å²) in [5, 5.41) is 0.127. The van der Waals surface area contributed by atoms with Gasteiger partial charge in [-0.1, -0.05) is 39.5 Å². The van der Waals surface area contributed by atoms with E-state index >= 15 is 0 Å². The maximum atomic E-state index is 14.1. The van der Waals surface area contributed by atoms with Gasteiger partial charge in [0.2, 0.25) is 0 Å². The SMILES string of the molecule is C=C(OC/C(=C(P)/C(F)=C\CC)C(C)F)C(N)=N/C=C(\C)c1ccc(C(=O)N2CCCC2)cc1.CC. The van der Waals surface area contributed by atoms with Crippen molar-refractivity contribution >= 4 is 26.6 Å². The second-order valence-corrected chi connectivity index (χ2v) is 8.71. The Bertz CT molecular complexity index is 1010. The molecule has 2 rings (SSSR count). The van der Waals surface area contributed by atoms with Gasteiger partial charge in [0, 0.05) is 35.7 Å². The number of amidine groups is 1. The maximum absolute atomic E-state index is 14.1. The van der Waals surface area contributed by atoms with Crippen LogP contribution in [0.4, 0.5) is 8.78 Å². The highest BCUT2D eigenvalue weighted by Crippen LogP contribution is 2.27. The summed E-state index contributed by atoms with van der Waals surface area (Å²) in [4.78, 5) is 18.5. The van der Waals surface area contributed by atoms with E-state index in [0.717, 1.165) is 37.1 Å². The van der Waals surface area contributed by atoms with Crippen LogP contribution in [0.5, 0.6) is 0 Å². The summed E-state index contributed by atoms with van der Waals surface area (Å²) in [5.74, 6) is -0.363. The Hall–Kier alpha value is -2.79. The standard InChI is InChI=1S/C26H34F2N3O2P.C2H6/c1-5-8-23(28)24(34)22(18(3)27)16-33-19(4)25(29)30-15-17(2)20-9-11-21(12-10-20)26(32)31-13-6-7-14-31;1-2/h8-12,15,18H,4-7,13-14,16,34H2,1-3H3,(H2,29,30);1-2H3/b17-15+,23-8+,24-22+;. The predicted octanol–water partition coefficient (Wildman–Crippen LogP) is 6.95. The number of carbonyl (C=O) groups excluding carboxylic acids is 1. The van der Waals surface area contributed by atoms with Crippen LogP contribution < -0.4 is 5.73 Å². The van der Waals surface area contributed by atoms with Crippen LogP contribution in [0.15, 0.2) is 70.6 Å². The molecule has 1 heterocycles. The molecule has 198 valence electrons. The number of amides is 1. The van der Waals surface area contributed by atoms with Crippen LogP contribution in [0, 0.1) is 0 Å². The van der Waals surface area contributed by atoms with Crippen LogP contribution in [0.1, 0.15) is 69.8 Å². The molecule has 0 aliphatic carbocycles. The van der Waals surface area contributed by atoms with Crippen LogP contribution in [0.25, 0.3) is 5.57 Å². The lowest BCUT2D eigenvalue weighted by Crippen LogP contribution is -2.27. The summed E-state index contributed by atoms with van der Waals surface area (Å²) in [6.45, 7) is 14.1. The van der Waals surface area contributed by atoms with Gasteiger partial charge in [-0.05, 0) is 62.5 Å². The van der Waals surface area contributed by atoms with Gasteiger partial charge >= 0.3 is 0 Å². The van der Waals surface area contributed by atoms with Gasteiger partial charge in [0.05, 0.1) is 0 Å². The molecule has 2 N–H and O–H groups in total. The average Bonchev–Trinajstić information content (AvgIpc) is 3.42. The van der Waals surface area contributed by atoms with E-state index in [1.54, 1.807) is 25.3 Å². The first-order valence-corrected chi connectivity index (χ1v) is 12.9. The molecule has 2 atom stereocenters. The predicted molar refractivity (Wildman–Crippen MR) is 150 cm³/mol. The van der Waals surface area contributed by atoms with Gasteiger partial charge in [-0.25, -0.2) is 13.8 Å². The number of nitrogens with zero attached hydrogens (tertiary/aromatic N) is 2. The number of allylic oxidation sites excluding steroid dienone is 4. The Balaban J connectivity index is 0.00000316. The molecule has 1 aromatic rings. The Morgan fingerprint density at radius 1 is 1.25 bits per heavy atom. The number of aliphatic imine (C=N–C) groups is 1. The molecule has 5 nitrogen and oxygen atoms in total. The van der Waals surface area contributed by atoms with E-state index in [1.807, 2.05) is 37.8 Å². The average molecular weight is 520 g/mol. The highest BCUT2D eigenvalue weighted by Gasteiger charge is 2.19. The van der Waals surface area contributed by atoms with Crippen molar-refractivity contribution in [3.05, 3.63) is 76.7 Å². The van der Waals surface area contributed by atoms with Crippen molar-refractivity contribution in [1.82, 2.24) is 4.90 Å². The molecule has 0 spiro atoms. The molecule has 36 heavy (non-hydrogen) atoms. The minimum absolute atomic E-state index is 0.0286. The topological polar surface area (TPSA) is 67.9 Å². The van der Waals surface area contributed by atoms with Gasteiger partial charge in [-0.3, -0.25) is 4.79 Å². The van der Waals surface area contributed by atoms with E-state index in [0.29, 0.717) is 12.0 Å². The highest BCUT2D eigenvalue weighted by molar-refractivity contribution is 7.23. The fraction of sp³-hybridized carbons (Fsp3) is 0.429. The molecule has 2 unspecified atom stereocenters. The van der Waals surface area contributed by atoms with Crippen molar-refractivity contribution in [2.45, 2.75) is 60.1 Å². The van der Waals surface area contributed by atoms with Crippen LogP contribution in [0.2, 0.25) is 0 Å². The van der Waals surface area contributed by atoms with Gasteiger partial charge in [-0.2, -0.15) is 0 Å². The monoisotopic (exact) mass is 519 g/mol. The van der Waals surface area contributed by atoms with E-state index < -0.39 is 12.0 Å². The number of likely N-dealkylation sites (tertiary alicyclic amines) is 1. The zero-order valence-electron chi connectivity index (χ0n) is 22.1. The van der Waals surface area contributed by atoms with Crippen LogP contribution in [-0.2, 0) is 4.74 Å². The van der Waals surface area contributed by atoms with Crippen LogP contribution in [-0.4, -0.2) is 42.5 Å². The quantitative estimate of drug-likeness (QED) is 0.120. The third kappa shape index (κ3) is 9.34. The molecule has 0 radical (unpaired) electrons. The second kappa shape index (κ2) is 16.1. The lowest BCUT2D eigenvalue weighted by atomic mass is 10.1. The van der Waals surface area contributed by atoms with Crippen molar-refractivity contribution in [3.8, 4) is 0 Å². The van der Waals surface area contributed by atoms with Crippen molar-refractivity contribution < 1.29 is 18.3 Å². The molecular formula is C28H40F2N3O2P. The van der Waals surface area contributed by atoms with E-state index in [1.165, 1.54) is 13.0 Å². The van der Waals surface area contributed by atoms with Gasteiger partial charge < -0.3 is 15.4 Å². The number of halogens is 2. The number of ether oxygens (including phenoxy) is 1. The molecule has 1 aliphatic heterocycles. The Morgan fingerprint density at radius 3 is 2.33 bits per heavy atom. The third-order valence-corrected chi connectivity index (χ3v) is 6.18. The first-order valence-electron chi connectivity index (χ1n) is 12.4. The fourth-order valence-electron chi connectivity index (χ4n) is 3.38. The molecular weight excluding hydrogens is 479 g/mol. The zero-order valence-corrected chi connectivity index (χ0v) is 23.3. The number of hydrogen-bond acceptors (Lipinski definition) is 3. The van der Waals surface area contributed by atoms with Crippen LogP contribution in [0.3, 0.4) is 0 Å². The molecule has 1 aliphatic rings. The molecule has 8 heteroatoms. The summed E-state index contributed by atoms with van der Waals surface area (Å²) < 4.78 is 33.6. The Morgan fingerprint density at radius 2 is 1.81 bits per heavy atom. The number of hydrogen-bond donors (Lipinski definition) is 1. The molecule has 1 amide bonds. The van der Waals surface area contributed by atoms with Crippen molar-refractivity contribution in [1.29, 1.82) is 0 Å². The Kier molecular flexibility index (Phi) is 13.9. The lowest BCUT2D eigenvalue weighted by molar-refractivity contribution is 0.0793. The first-order chi connectivity index (χ1) is 17.1. The number of alkyl halides is 1. The fourth-order valence-corrected chi connectivity index (χ4v) is 3.81. The Labute approximate surface area is 217 Å². The maximum Gasteiger partial charge on any atom is 0.253 e. The number of carbonyl (C=O) groups is 1. The zero-order chi connectivity index (χ0) is 27.3. The smallest absolute Gasteiger partial charge is 0.253 e. The normalized spacial score (nSPS) is 16.1. The molecule has 1 fully saturated rings. The van der Waals surface area contributed by atoms with Gasteiger partial charge in [0.15, 0.2) is 11.6 Å². The summed E-state index contributed by atoms with van der Waals surface area (Å²) >= 11 is 0. The van der Waals surface area contributed by atoms with E-state index in [-0.39, 0.29) is 35.0 Å². The van der Waals surface area contributed by atoms with E-state index in [4.69, 9.17) is 10.5 Å². The molecule has 0 saturated carbocycles. The summed E-state index contributed by atoms with van der Waals surface area (Å²) in [6.07, 6.45) is 4.13. The van der Waals surface area contributed by atoms with Gasteiger partial charge in [0.25, 0.3) is 5.91 Å². The molecule has 1 saturated heterocycles. The first kappa shape index (κ1) is 31.2. The minimum atomic E-state index is -1.41. The van der Waals surface area contributed by atoms with Crippen molar-refractivity contribution in [2.75, 3.05) is 19.7 Å². The van der Waals surface area contributed by atoms with E-state index in [9.17, 15) is 13.6 Å². The number of nitrogens with two attached hydrogens (primary N) is 1. The highest BCUT2D eigenvalue weighted by atomic mass is 31.0. The van der Waals surface area contributed by atoms with Crippen molar-refractivity contribution in [3.63, 3.8) is 0 Å². The van der Waals surface area contributed by atoms with E-state index in [2.05, 4.69) is 20.8 Å². The third-order valence-electron chi connectivity index (χ3n) is 5.53.